The van der Waals surface area contributed by atoms with Crippen molar-refractivity contribution in [3.8, 4) is 0 Å². The molecular weight excluding hydrogens is 270 g/mol. The van der Waals surface area contributed by atoms with Crippen molar-refractivity contribution in [3.05, 3.63) is 32.0 Å². The number of rotatable bonds is 4. The number of aromatic amines is 1. The molecule has 10 nitrogen and oxygen atoms in total. The lowest BCUT2D eigenvalue weighted by atomic mass is 10.4. The molecule has 2 aromatic rings. The molecular formula is C10H11N5O5. The van der Waals surface area contributed by atoms with Gasteiger partial charge in [-0.15, -0.1) is 0 Å². The minimum atomic E-state index is -0.875. The summed E-state index contributed by atoms with van der Waals surface area (Å²) in [5, 5.41) is 13.3. The first-order valence-corrected chi connectivity index (χ1v) is 5.72. The summed E-state index contributed by atoms with van der Waals surface area (Å²) < 4.78 is 5.58. The number of carbonyl (C=O) groups excluding carboxylic acids is 1. The van der Waals surface area contributed by atoms with Gasteiger partial charge < -0.3 is 4.74 Å². The zero-order chi connectivity index (χ0) is 14.9. The number of hydrogen-bond acceptors (Lipinski definition) is 7. The third-order valence-corrected chi connectivity index (χ3v) is 2.49. The molecule has 0 aliphatic carbocycles. The van der Waals surface area contributed by atoms with Crippen molar-refractivity contribution in [3.63, 3.8) is 0 Å². The molecule has 10 heteroatoms. The van der Waals surface area contributed by atoms with Crippen LogP contribution in [0.25, 0.3) is 5.78 Å². The number of hydrogen-bond donors (Lipinski definition) is 1. The highest BCUT2D eigenvalue weighted by Gasteiger charge is 2.22. The van der Waals surface area contributed by atoms with Crippen LogP contribution in [0, 0.1) is 17.0 Å². The highest BCUT2D eigenvalue weighted by Crippen LogP contribution is 2.10. The fraction of sp³-hybridized carbons (Fsp3) is 0.400. The molecule has 1 N–H and O–H groups in total. The molecule has 2 aromatic heterocycles. The molecule has 2 heterocycles. The van der Waals surface area contributed by atoms with E-state index in [1.807, 2.05) is 0 Å². The van der Waals surface area contributed by atoms with Gasteiger partial charge in [-0.1, -0.05) is 0 Å². The van der Waals surface area contributed by atoms with Gasteiger partial charge in [0.15, 0.2) is 0 Å². The summed E-state index contributed by atoms with van der Waals surface area (Å²) in [5.41, 5.74) is -1.54. The largest absolute Gasteiger partial charge is 0.466 e. The molecule has 0 atom stereocenters. The number of nitrogens with one attached hydrogen (secondary N) is 1. The van der Waals surface area contributed by atoms with E-state index in [2.05, 4.69) is 15.1 Å². The minimum Gasteiger partial charge on any atom is -0.466 e. The van der Waals surface area contributed by atoms with Gasteiger partial charge in [-0.05, 0) is 13.8 Å². The van der Waals surface area contributed by atoms with E-state index in [0.717, 1.165) is 4.52 Å². The number of esters is 1. The molecule has 0 fully saturated rings. The monoisotopic (exact) mass is 281 g/mol. The van der Waals surface area contributed by atoms with Crippen molar-refractivity contribution in [2.24, 2.45) is 0 Å². The van der Waals surface area contributed by atoms with E-state index in [0.29, 0.717) is 0 Å². The maximum atomic E-state index is 11.9. The van der Waals surface area contributed by atoms with Crippen molar-refractivity contribution < 1.29 is 14.5 Å². The quantitative estimate of drug-likeness (QED) is 0.463. The first-order valence-electron chi connectivity index (χ1n) is 5.72. The van der Waals surface area contributed by atoms with Gasteiger partial charge in [0.1, 0.15) is 17.9 Å². The molecule has 0 radical (unpaired) electrons. The molecule has 106 valence electrons. The molecule has 0 bridgehead atoms. The molecule has 0 aromatic carbocycles. The zero-order valence-electron chi connectivity index (χ0n) is 10.7. The first kappa shape index (κ1) is 13.6. The van der Waals surface area contributed by atoms with E-state index in [4.69, 9.17) is 4.74 Å². The Morgan fingerprint density at radius 2 is 2.20 bits per heavy atom. The van der Waals surface area contributed by atoms with Gasteiger partial charge >= 0.3 is 17.2 Å². The lowest BCUT2D eigenvalue weighted by Gasteiger charge is -1.97. The standard InChI is InChI=1S/C10H11N5O5/c1-3-20-7(16)4-6-12-10-11-5(2)8(15(18)19)9(17)14(10)13-6/h3-4H2,1-2H3,(H,11,12,13). The van der Waals surface area contributed by atoms with Gasteiger partial charge in [-0.3, -0.25) is 24.8 Å². The van der Waals surface area contributed by atoms with Gasteiger partial charge in [0, 0.05) is 0 Å². The number of ether oxygens (including phenoxy) is 1. The fourth-order valence-corrected chi connectivity index (χ4v) is 1.69. The number of aromatic nitrogens is 4. The zero-order valence-corrected chi connectivity index (χ0v) is 10.7. The molecule has 0 saturated heterocycles. The summed E-state index contributed by atoms with van der Waals surface area (Å²) >= 11 is 0. The Labute approximate surface area is 111 Å². The van der Waals surface area contributed by atoms with Crippen LogP contribution in [-0.4, -0.2) is 37.1 Å². The highest BCUT2D eigenvalue weighted by molar-refractivity contribution is 5.71. The number of fused-ring (bicyclic) bond motifs is 1. The molecule has 0 unspecified atom stereocenters. The predicted molar refractivity (Wildman–Crippen MR) is 65.3 cm³/mol. The van der Waals surface area contributed by atoms with Gasteiger partial charge in [0.2, 0.25) is 0 Å². The van der Waals surface area contributed by atoms with E-state index >= 15 is 0 Å². The van der Waals surface area contributed by atoms with Crippen LogP contribution >= 0.6 is 0 Å². The molecule has 0 saturated carbocycles. The number of carbonyl (C=O) groups is 1. The number of aryl methyl sites for hydroxylation is 1. The summed E-state index contributed by atoms with van der Waals surface area (Å²) in [5.74, 6) is -0.406. The summed E-state index contributed by atoms with van der Waals surface area (Å²) in [6.45, 7) is 3.23. The van der Waals surface area contributed by atoms with Crippen molar-refractivity contribution in [1.82, 2.24) is 19.6 Å². The lowest BCUT2D eigenvalue weighted by Crippen LogP contribution is -2.20. The van der Waals surface area contributed by atoms with Gasteiger partial charge in [0.05, 0.1) is 11.5 Å². The van der Waals surface area contributed by atoms with Gasteiger partial charge in [-0.25, -0.2) is 4.98 Å². The molecule has 2 rings (SSSR count). The Morgan fingerprint density at radius 3 is 2.80 bits per heavy atom. The van der Waals surface area contributed by atoms with Crippen LogP contribution in [0.2, 0.25) is 0 Å². The molecule has 0 aliphatic rings. The fourth-order valence-electron chi connectivity index (χ4n) is 1.69. The summed E-state index contributed by atoms with van der Waals surface area (Å²) in [6, 6.07) is 0. The van der Waals surface area contributed by atoms with Crippen molar-refractivity contribution in [2.45, 2.75) is 20.3 Å². The molecule has 0 spiro atoms. The third-order valence-electron chi connectivity index (χ3n) is 2.49. The highest BCUT2D eigenvalue weighted by atomic mass is 16.6. The van der Waals surface area contributed by atoms with Gasteiger partial charge in [-0.2, -0.15) is 9.50 Å². The Kier molecular flexibility index (Phi) is 3.46. The van der Waals surface area contributed by atoms with Crippen molar-refractivity contribution >= 4 is 17.4 Å². The van der Waals surface area contributed by atoms with Crippen molar-refractivity contribution in [2.75, 3.05) is 6.61 Å². The Bertz CT molecular complexity index is 746. The van der Waals surface area contributed by atoms with Crippen LogP contribution < -0.4 is 5.56 Å². The van der Waals surface area contributed by atoms with E-state index in [-0.39, 0.29) is 30.3 Å². The van der Waals surface area contributed by atoms with Crippen LogP contribution in [0.1, 0.15) is 18.4 Å². The molecule has 0 amide bonds. The maximum absolute atomic E-state index is 11.9. The van der Waals surface area contributed by atoms with Crippen molar-refractivity contribution in [1.29, 1.82) is 0 Å². The van der Waals surface area contributed by atoms with Crippen LogP contribution in [0.3, 0.4) is 0 Å². The Balaban J connectivity index is 2.50. The summed E-state index contributed by atoms with van der Waals surface area (Å²) in [6.07, 6.45) is -0.177. The second-order valence-corrected chi connectivity index (χ2v) is 3.90. The van der Waals surface area contributed by atoms with Gasteiger partial charge in [0.25, 0.3) is 5.78 Å². The predicted octanol–water partition coefficient (Wildman–Crippen LogP) is -0.260. The van der Waals surface area contributed by atoms with Crippen LogP contribution in [-0.2, 0) is 16.0 Å². The average Bonchev–Trinajstić information content (AvgIpc) is 2.71. The van der Waals surface area contributed by atoms with E-state index in [1.165, 1.54) is 6.92 Å². The smallest absolute Gasteiger partial charge is 0.357 e. The topological polar surface area (TPSA) is 132 Å². The number of nitrogens with zero attached hydrogens (tertiary/aromatic N) is 4. The normalized spacial score (nSPS) is 10.7. The lowest BCUT2D eigenvalue weighted by molar-refractivity contribution is -0.387. The second-order valence-electron chi connectivity index (χ2n) is 3.90. The SMILES string of the molecule is CCOC(=O)Cc1nc2nc(C)c([N+](=O)[O-])c(=O)n2[nH]1. The van der Waals surface area contributed by atoms with Crippen LogP contribution in [0.15, 0.2) is 4.79 Å². The average molecular weight is 281 g/mol. The van der Waals surface area contributed by atoms with E-state index < -0.39 is 22.1 Å². The van der Waals surface area contributed by atoms with Crippen LogP contribution in [0.5, 0.6) is 0 Å². The Hall–Kier alpha value is -2.78. The Morgan fingerprint density at radius 1 is 1.50 bits per heavy atom. The van der Waals surface area contributed by atoms with E-state index in [1.54, 1.807) is 6.92 Å². The second kappa shape index (κ2) is 5.07. The molecule has 20 heavy (non-hydrogen) atoms. The summed E-state index contributed by atoms with van der Waals surface area (Å²) in [4.78, 5) is 41.0. The summed E-state index contributed by atoms with van der Waals surface area (Å²) in [7, 11) is 0. The molecule has 0 aliphatic heterocycles. The van der Waals surface area contributed by atoms with Crippen LogP contribution in [0.4, 0.5) is 5.69 Å². The third kappa shape index (κ3) is 2.35. The maximum Gasteiger partial charge on any atom is 0.357 e. The first-order chi connectivity index (χ1) is 9.43. The number of nitro groups is 1. The van der Waals surface area contributed by atoms with E-state index in [9.17, 15) is 19.7 Å². The number of H-pyrrole nitrogens is 1. The minimum absolute atomic E-state index is 0.0302.